The fourth-order valence-corrected chi connectivity index (χ4v) is 4.67. The first kappa shape index (κ1) is 26.8. The van der Waals surface area contributed by atoms with Crippen molar-refractivity contribution in [2.24, 2.45) is 0 Å². The summed E-state index contributed by atoms with van der Waals surface area (Å²) in [5.74, 6) is 1.53. The van der Waals surface area contributed by atoms with Crippen LogP contribution in [0.4, 0.5) is 23.1 Å². The highest BCUT2D eigenvalue weighted by Gasteiger charge is 2.18. The average molecular weight is 550 g/mol. The van der Waals surface area contributed by atoms with Crippen LogP contribution in [0, 0.1) is 0 Å². The van der Waals surface area contributed by atoms with Crippen LogP contribution in [0.2, 0.25) is 5.02 Å². The number of para-hydroxylation sites is 1. The van der Waals surface area contributed by atoms with Gasteiger partial charge in [0.15, 0.2) is 5.82 Å². The number of benzene rings is 2. The van der Waals surface area contributed by atoms with Crippen molar-refractivity contribution in [3.05, 3.63) is 65.1 Å². The van der Waals surface area contributed by atoms with E-state index in [4.69, 9.17) is 21.7 Å². The standard InChI is InChI=1S/C27H32ClN9O2/c1-35(2)26(39)19-5-3-4-6-21(19)33-25-20(28)16-29-27(34-25)30-18-7-8-22-23(15-18)32-24(31-22)17-37-11-9-36(10-12-37)13-14-38/h3-8,15-16,38H,9-14,17H2,1-2H3,(H,31,32)(H2,29,30,33,34). The van der Waals surface area contributed by atoms with Gasteiger partial charge in [0.25, 0.3) is 5.91 Å². The molecule has 12 heteroatoms. The molecule has 2 aromatic carbocycles. The van der Waals surface area contributed by atoms with Crippen LogP contribution in [-0.4, -0.2) is 99.1 Å². The Morgan fingerprint density at radius 2 is 1.85 bits per heavy atom. The van der Waals surface area contributed by atoms with Gasteiger partial charge in [0.1, 0.15) is 10.8 Å². The molecule has 4 aromatic rings. The number of nitrogens with zero attached hydrogens (tertiary/aromatic N) is 6. The number of aromatic amines is 1. The molecule has 39 heavy (non-hydrogen) atoms. The lowest BCUT2D eigenvalue weighted by Gasteiger charge is -2.33. The summed E-state index contributed by atoms with van der Waals surface area (Å²) < 4.78 is 0. The molecule has 4 N–H and O–H groups in total. The number of imidazole rings is 1. The first-order valence-corrected chi connectivity index (χ1v) is 13.2. The normalized spacial score (nSPS) is 14.5. The predicted octanol–water partition coefficient (Wildman–Crippen LogP) is 3.31. The van der Waals surface area contributed by atoms with E-state index in [1.165, 1.54) is 11.1 Å². The molecule has 0 spiro atoms. The number of fused-ring (bicyclic) bond motifs is 1. The van der Waals surface area contributed by atoms with Crippen LogP contribution in [0.3, 0.4) is 0 Å². The van der Waals surface area contributed by atoms with Gasteiger partial charge < -0.3 is 25.6 Å². The minimum absolute atomic E-state index is 0.127. The van der Waals surface area contributed by atoms with Crippen molar-refractivity contribution in [1.82, 2.24) is 34.6 Å². The number of β-amino-alcohol motifs (C(OH)–C–C–N with tert-alkyl or cyclic N) is 1. The molecule has 5 rings (SSSR count). The highest BCUT2D eigenvalue weighted by molar-refractivity contribution is 6.33. The number of hydrogen-bond acceptors (Lipinski definition) is 9. The van der Waals surface area contributed by atoms with E-state index in [9.17, 15) is 4.79 Å². The molecular weight excluding hydrogens is 518 g/mol. The zero-order valence-corrected chi connectivity index (χ0v) is 22.7. The summed E-state index contributed by atoms with van der Waals surface area (Å²) in [6.45, 7) is 5.47. The number of aliphatic hydroxyl groups is 1. The highest BCUT2D eigenvalue weighted by Crippen LogP contribution is 2.28. The van der Waals surface area contributed by atoms with Gasteiger partial charge in [-0.05, 0) is 30.3 Å². The molecule has 0 saturated carbocycles. The third-order valence-corrected chi connectivity index (χ3v) is 6.88. The maximum Gasteiger partial charge on any atom is 0.255 e. The number of carbonyl (C=O) groups excluding carboxylic acids is 1. The number of amides is 1. The molecule has 0 aliphatic carbocycles. The van der Waals surface area contributed by atoms with Crippen LogP contribution >= 0.6 is 11.6 Å². The number of hydrogen-bond donors (Lipinski definition) is 4. The number of H-pyrrole nitrogens is 1. The van der Waals surface area contributed by atoms with Gasteiger partial charge in [-0.25, -0.2) is 9.97 Å². The first-order chi connectivity index (χ1) is 18.9. The molecule has 2 aromatic heterocycles. The molecule has 11 nitrogen and oxygen atoms in total. The van der Waals surface area contributed by atoms with Crippen LogP contribution in [0.1, 0.15) is 16.2 Å². The van der Waals surface area contributed by atoms with Crippen molar-refractivity contribution in [2.75, 3.05) is 64.1 Å². The third kappa shape index (κ3) is 6.45. The van der Waals surface area contributed by atoms with Crippen LogP contribution in [0.15, 0.2) is 48.7 Å². The lowest BCUT2D eigenvalue weighted by molar-refractivity contribution is 0.0828. The summed E-state index contributed by atoms with van der Waals surface area (Å²) in [7, 11) is 3.42. The minimum Gasteiger partial charge on any atom is -0.395 e. The zero-order chi connectivity index (χ0) is 27.4. The second kappa shape index (κ2) is 12.0. The van der Waals surface area contributed by atoms with Gasteiger partial charge in [0.2, 0.25) is 5.95 Å². The Bertz CT molecular complexity index is 1450. The van der Waals surface area contributed by atoms with E-state index >= 15 is 0 Å². The molecule has 204 valence electrons. The highest BCUT2D eigenvalue weighted by atomic mass is 35.5. The summed E-state index contributed by atoms with van der Waals surface area (Å²) in [4.78, 5) is 35.8. The van der Waals surface area contributed by atoms with E-state index < -0.39 is 0 Å². The molecular formula is C27H32ClN9O2. The van der Waals surface area contributed by atoms with Crippen molar-refractivity contribution in [3.63, 3.8) is 0 Å². The topological polar surface area (TPSA) is 126 Å². The van der Waals surface area contributed by atoms with Crippen molar-refractivity contribution in [3.8, 4) is 0 Å². The number of nitrogens with one attached hydrogen (secondary N) is 3. The van der Waals surface area contributed by atoms with E-state index in [1.54, 1.807) is 26.2 Å². The fourth-order valence-electron chi connectivity index (χ4n) is 4.53. The number of aliphatic hydroxyl groups excluding tert-OH is 1. The molecule has 0 bridgehead atoms. The van der Waals surface area contributed by atoms with E-state index in [0.29, 0.717) is 28.0 Å². The van der Waals surface area contributed by atoms with Gasteiger partial charge in [0.05, 0.1) is 41.6 Å². The van der Waals surface area contributed by atoms with Gasteiger partial charge in [-0.2, -0.15) is 4.98 Å². The molecule has 0 radical (unpaired) electrons. The summed E-state index contributed by atoms with van der Waals surface area (Å²) >= 11 is 6.39. The van der Waals surface area contributed by atoms with E-state index in [0.717, 1.165) is 61.8 Å². The SMILES string of the molecule is CN(C)C(=O)c1ccccc1Nc1nc(Nc2ccc3nc(CN4CCN(CCO)CC4)[nH]c3c2)ncc1Cl. The maximum absolute atomic E-state index is 12.6. The van der Waals surface area contributed by atoms with Gasteiger partial charge in [0, 0.05) is 52.5 Å². The van der Waals surface area contributed by atoms with E-state index in [2.05, 4.69) is 35.4 Å². The first-order valence-electron chi connectivity index (χ1n) is 12.8. The second-order valence-corrected chi connectivity index (χ2v) is 10.0. The molecule has 3 heterocycles. The smallest absolute Gasteiger partial charge is 0.255 e. The van der Waals surface area contributed by atoms with E-state index in [-0.39, 0.29) is 12.5 Å². The Balaban J connectivity index is 1.28. The Morgan fingerprint density at radius 3 is 2.62 bits per heavy atom. The van der Waals surface area contributed by atoms with Crippen LogP contribution in [0.5, 0.6) is 0 Å². The van der Waals surface area contributed by atoms with Crippen LogP contribution in [0.25, 0.3) is 11.0 Å². The fraction of sp³-hybridized carbons (Fsp3) is 0.333. The summed E-state index contributed by atoms with van der Waals surface area (Å²) in [5.41, 5.74) is 3.71. The molecule has 0 atom stereocenters. The molecule has 0 unspecified atom stereocenters. The molecule has 1 aliphatic rings. The summed E-state index contributed by atoms with van der Waals surface area (Å²) in [5, 5.41) is 15.9. The Hall–Kier alpha value is -3.77. The lowest BCUT2D eigenvalue weighted by atomic mass is 10.1. The number of piperazine rings is 1. The summed E-state index contributed by atoms with van der Waals surface area (Å²) in [6, 6.07) is 13.1. The van der Waals surface area contributed by atoms with Crippen molar-refractivity contribution in [2.45, 2.75) is 6.54 Å². The number of carbonyl (C=O) groups is 1. The second-order valence-electron chi connectivity index (χ2n) is 9.64. The number of halogens is 1. The number of aromatic nitrogens is 4. The molecule has 1 amide bonds. The van der Waals surface area contributed by atoms with Gasteiger partial charge in [-0.15, -0.1) is 0 Å². The quantitative estimate of drug-likeness (QED) is 0.249. The number of anilines is 4. The van der Waals surface area contributed by atoms with Crippen molar-refractivity contribution < 1.29 is 9.90 Å². The van der Waals surface area contributed by atoms with Gasteiger partial charge in [-0.3, -0.25) is 14.6 Å². The van der Waals surface area contributed by atoms with Gasteiger partial charge >= 0.3 is 0 Å². The van der Waals surface area contributed by atoms with Crippen molar-refractivity contribution >= 4 is 51.7 Å². The largest absolute Gasteiger partial charge is 0.395 e. The van der Waals surface area contributed by atoms with E-state index in [1.807, 2.05) is 30.3 Å². The number of rotatable bonds is 9. The summed E-state index contributed by atoms with van der Waals surface area (Å²) in [6.07, 6.45) is 1.52. The van der Waals surface area contributed by atoms with Crippen LogP contribution < -0.4 is 10.6 Å². The minimum atomic E-state index is -0.127. The van der Waals surface area contributed by atoms with Crippen LogP contribution in [-0.2, 0) is 6.54 Å². The molecule has 1 fully saturated rings. The zero-order valence-electron chi connectivity index (χ0n) is 22.0. The molecule has 1 saturated heterocycles. The Morgan fingerprint density at radius 1 is 1.08 bits per heavy atom. The maximum atomic E-state index is 12.6. The Labute approximate surface area is 231 Å². The van der Waals surface area contributed by atoms with Gasteiger partial charge in [-0.1, -0.05) is 23.7 Å². The predicted molar refractivity (Wildman–Crippen MR) is 153 cm³/mol. The third-order valence-electron chi connectivity index (χ3n) is 6.60. The monoisotopic (exact) mass is 549 g/mol. The lowest BCUT2D eigenvalue weighted by Crippen LogP contribution is -2.46. The van der Waals surface area contributed by atoms with Crippen molar-refractivity contribution in [1.29, 1.82) is 0 Å². The Kier molecular flexibility index (Phi) is 8.22. The average Bonchev–Trinajstić information content (AvgIpc) is 3.33. The molecule has 1 aliphatic heterocycles.